The normalized spacial score (nSPS) is 21.4. The van der Waals surface area contributed by atoms with Crippen LogP contribution in [-0.2, 0) is 15.5 Å². The molecule has 0 saturated heterocycles. The van der Waals surface area contributed by atoms with Gasteiger partial charge in [-0.3, -0.25) is 9.20 Å². The Bertz CT molecular complexity index is 549. The van der Waals surface area contributed by atoms with Crippen LogP contribution in [0.25, 0.3) is 0 Å². The van der Waals surface area contributed by atoms with Crippen LogP contribution >= 0.6 is 0 Å². The first kappa shape index (κ1) is 25.7. The number of carbonyl (C=O) groups excluding carboxylic acids is 1. The minimum absolute atomic E-state index is 0.279. The van der Waals surface area contributed by atoms with E-state index in [9.17, 15) is 9.00 Å². The summed E-state index contributed by atoms with van der Waals surface area (Å²) in [7, 11) is -0.739. The number of ether oxygens (including phenoxy) is 1. The number of rotatable bonds is 9. The maximum atomic E-state index is 12.4. The summed E-state index contributed by atoms with van der Waals surface area (Å²) in [4.78, 5) is 18.8. The highest BCUT2D eigenvalue weighted by atomic mass is 32.2. The first-order valence-electron chi connectivity index (χ1n) is 11.1. The second kappa shape index (κ2) is 13.1. The van der Waals surface area contributed by atoms with Gasteiger partial charge in [-0.1, -0.05) is 20.3 Å². The lowest BCUT2D eigenvalue weighted by Crippen LogP contribution is -2.47. The molecule has 1 aliphatic rings. The van der Waals surface area contributed by atoms with Crippen molar-refractivity contribution in [3.8, 4) is 0 Å². The quantitative estimate of drug-likeness (QED) is 0.433. The summed E-state index contributed by atoms with van der Waals surface area (Å²) in [5, 5.41) is 7.08. The molecule has 1 amide bonds. The first-order chi connectivity index (χ1) is 13.7. The van der Waals surface area contributed by atoms with Crippen molar-refractivity contribution in [1.29, 1.82) is 0 Å². The summed E-state index contributed by atoms with van der Waals surface area (Å²) in [6.07, 6.45) is 4.72. The highest BCUT2D eigenvalue weighted by molar-refractivity contribution is 7.85. The van der Waals surface area contributed by atoms with Gasteiger partial charge in [0.2, 0.25) is 0 Å². The Morgan fingerprint density at radius 3 is 2.52 bits per heavy atom. The maximum Gasteiger partial charge on any atom is 0.410 e. The van der Waals surface area contributed by atoms with Gasteiger partial charge in [-0.25, -0.2) is 4.79 Å². The molecule has 3 atom stereocenters. The van der Waals surface area contributed by atoms with Crippen LogP contribution in [0.3, 0.4) is 0 Å². The Morgan fingerprint density at radius 2 is 1.93 bits per heavy atom. The molecular formula is C21H42N4O3S. The van der Waals surface area contributed by atoms with Crippen molar-refractivity contribution in [2.75, 3.05) is 31.9 Å². The van der Waals surface area contributed by atoms with E-state index in [4.69, 9.17) is 4.74 Å². The number of nitrogens with one attached hydrogen (secondary N) is 2. The fraction of sp³-hybridized carbons (Fsp3) is 0.905. The third-order valence-corrected chi connectivity index (χ3v) is 6.49. The molecule has 0 bridgehead atoms. The average Bonchev–Trinajstić information content (AvgIpc) is 2.65. The maximum absolute atomic E-state index is 12.4. The smallest absolute Gasteiger partial charge is 0.410 e. The molecule has 2 N–H and O–H groups in total. The Kier molecular flexibility index (Phi) is 11.6. The summed E-state index contributed by atoms with van der Waals surface area (Å²) < 4.78 is 17.7. The number of guanidine groups is 1. The molecule has 0 radical (unpaired) electrons. The summed E-state index contributed by atoms with van der Waals surface area (Å²) in [5.74, 6) is 1.49. The molecule has 0 aliphatic heterocycles. The summed E-state index contributed by atoms with van der Waals surface area (Å²) in [6.45, 7) is 14.2. The number of amides is 1. The standard InChI is InChI=1S/C21H42N4O3S/c1-7-14-25(20(26)28-21(4,5)6)15-13-23-19(22-8-2)24-17-11-10-12-18(16-17)29(27)9-3/h17-18H,7-16H2,1-6H3,(H2,22,23,24). The van der Waals surface area contributed by atoms with Crippen LogP contribution in [0.15, 0.2) is 4.99 Å². The molecule has 7 nitrogen and oxygen atoms in total. The van der Waals surface area contributed by atoms with Gasteiger partial charge in [0.1, 0.15) is 5.60 Å². The number of carbonyl (C=O) groups is 1. The Labute approximate surface area is 179 Å². The van der Waals surface area contributed by atoms with Crippen LogP contribution in [0.1, 0.15) is 73.6 Å². The molecular weight excluding hydrogens is 388 g/mol. The number of aliphatic imine (C=N–C) groups is 1. The molecule has 170 valence electrons. The lowest BCUT2D eigenvalue weighted by molar-refractivity contribution is 0.0256. The zero-order valence-corrected chi connectivity index (χ0v) is 20.1. The Balaban J connectivity index is 2.65. The van der Waals surface area contributed by atoms with Crippen molar-refractivity contribution in [2.24, 2.45) is 4.99 Å². The van der Waals surface area contributed by atoms with E-state index in [1.807, 2.05) is 41.5 Å². The topological polar surface area (TPSA) is 83.0 Å². The van der Waals surface area contributed by atoms with Gasteiger partial charge >= 0.3 is 6.09 Å². The predicted molar refractivity (Wildman–Crippen MR) is 122 cm³/mol. The molecule has 1 fully saturated rings. The summed E-state index contributed by atoms with van der Waals surface area (Å²) in [5.41, 5.74) is -0.501. The van der Waals surface area contributed by atoms with Crippen molar-refractivity contribution in [1.82, 2.24) is 15.5 Å². The summed E-state index contributed by atoms with van der Waals surface area (Å²) >= 11 is 0. The van der Waals surface area contributed by atoms with Crippen molar-refractivity contribution >= 4 is 22.9 Å². The highest BCUT2D eigenvalue weighted by Gasteiger charge is 2.26. The average molecular weight is 431 g/mol. The van der Waals surface area contributed by atoms with Gasteiger partial charge in [0.25, 0.3) is 0 Å². The minimum atomic E-state index is -0.739. The highest BCUT2D eigenvalue weighted by Crippen LogP contribution is 2.23. The molecule has 0 aromatic heterocycles. The molecule has 0 spiro atoms. The largest absolute Gasteiger partial charge is 0.444 e. The van der Waals surface area contributed by atoms with Crippen molar-refractivity contribution in [3.63, 3.8) is 0 Å². The van der Waals surface area contributed by atoms with E-state index >= 15 is 0 Å². The van der Waals surface area contributed by atoms with E-state index in [0.717, 1.165) is 50.4 Å². The predicted octanol–water partition coefficient (Wildman–Crippen LogP) is 3.27. The van der Waals surface area contributed by atoms with Crippen LogP contribution < -0.4 is 10.6 Å². The van der Waals surface area contributed by atoms with Crippen molar-refractivity contribution in [2.45, 2.75) is 90.5 Å². The molecule has 1 saturated carbocycles. The SMILES string of the molecule is CCCN(CCN=C(NCC)NC1CCCC(S(=O)CC)C1)C(=O)OC(C)(C)C. The minimum Gasteiger partial charge on any atom is -0.444 e. The molecule has 0 aromatic carbocycles. The third-order valence-electron chi connectivity index (χ3n) is 4.75. The van der Waals surface area contributed by atoms with Crippen LogP contribution in [0, 0.1) is 0 Å². The van der Waals surface area contributed by atoms with Gasteiger partial charge < -0.3 is 20.3 Å². The van der Waals surface area contributed by atoms with Gasteiger partial charge in [0.05, 0.1) is 6.54 Å². The zero-order chi connectivity index (χ0) is 21.9. The van der Waals surface area contributed by atoms with Crippen LogP contribution in [0.4, 0.5) is 4.79 Å². The van der Waals surface area contributed by atoms with Gasteiger partial charge in [-0.2, -0.15) is 0 Å². The molecule has 29 heavy (non-hydrogen) atoms. The van der Waals surface area contributed by atoms with Gasteiger partial charge in [-0.05, 0) is 53.4 Å². The van der Waals surface area contributed by atoms with E-state index in [1.165, 1.54) is 0 Å². The zero-order valence-electron chi connectivity index (χ0n) is 19.3. The number of hydrogen-bond donors (Lipinski definition) is 2. The van der Waals surface area contributed by atoms with E-state index in [1.54, 1.807) is 4.90 Å². The van der Waals surface area contributed by atoms with E-state index in [-0.39, 0.29) is 11.3 Å². The fourth-order valence-electron chi connectivity index (χ4n) is 3.44. The van der Waals surface area contributed by atoms with E-state index < -0.39 is 16.4 Å². The summed E-state index contributed by atoms with van der Waals surface area (Å²) in [6, 6.07) is 0.291. The van der Waals surface area contributed by atoms with Gasteiger partial charge in [-0.15, -0.1) is 0 Å². The van der Waals surface area contributed by atoms with E-state index in [2.05, 4.69) is 15.6 Å². The molecule has 1 aliphatic carbocycles. The van der Waals surface area contributed by atoms with Crippen molar-refractivity contribution < 1.29 is 13.7 Å². The van der Waals surface area contributed by atoms with Crippen LogP contribution in [-0.4, -0.2) is 70.0 Å². The number of nitrogens with zero attached hydrogens (tertiary/aromatic N) is 2. The van der Waals surface area contributed by atoms with Gasteiger partial charge in [0.15, 0.2) is 5.96 Å². The lowest BCUT2D eigenvalue weighted by atomic mass is 9.95. The monoisotopic (exact) mass is 430 g/mol. The second-order valence-electron chi connectivity index (χ2n) is 8.53. The fourth-order valence-corrected chi connectivity index (χ4v) is 4.79. The molecule has 0 heterocycles. The van der Waals surface area contributed by atoms with Crippen molar-refractivity contribution in [3.05, 3.63) is 0 Å². The lowest BCUT2D eigenvalue weighted by Gasteiger charge is -2.30. The third kappa shape index (κ3) is 10.3. The molecule has 1 rings (SSSR count). The van der Waals surface area contributed by atoms with Gasteiger partial charge in [0, 0.05) is 47.5 Å². The molecule has 8 heteroatoms. The van der Waals surface area contributed by atoms with Crippen LogP contribution in [0.5, 0.6) is 0 Å². The number of hydrogen-bond acceptors (Lipinski definition) is 4. The first-order valence-corrected chi connectivity index (χ1v) is 12.5. The van der Waals surface area contributed by atoms with E-state index in [0.29, 0.717) is 25.7 Å². The van der Waals surface area contributed by atoms with Crippen LogP contribution in [0.2, 0.25) is 0 Å². The Morgan fingerprint density at radius 1 is 1.21 bits per heavy atom. The molecule has 3 unspecified atom stereocenters. The second-order valence-corrected chi connectivity index (χ2v) is 10.5. The Hall–Kier alpha value is -1.31. The molecule has 0 aromatic rings.